The van der Waals surface area contributed by atoms with Gasteiger partial charge < -0.3 is 15.1 Å². The molecule has 2 fully saturated rings. The number of β-amino-alcohol motifs (C(OH)–C–C–N with tert-alkyl or cyclic N) is 1. The van der Waals surface area contributed by atoms with Crippen LogP contribution in [0.15, 0.2) is 0 Å². The summed E-state index contributed by atoms with van der Waals surface area (Å²) in [5, 5.41) is 20.3. The van der Waals surface area contributed by atoms with Crippen molar-refractivity contribution in [2.45, 2.75) is 57.8 Å². The minimum atomic E-state index is -0.200. The van der Waals surface area contributed by atoms with Gasteiger partial charge in [-0.25, -0.2) is 0 Å². The Labute approximate surface area is 123 Å². The third-order valence-corrected chi connectivity index (χ3v) is 5.03. The average Bonchev–Trinajstić information content (AvgIpc) is 2.63. The highest BCUT2D eigenvalue weighted by Crippen LogP contribution is 2.39. The molecular formula is C16H32N2O2. The van der Waals surface area contributed by atoms with E-state index < -0.39 is 0 Å². The number of aliphatic hydroxyl groups excluding tert-OH is 2. The molecule has 2 rings (SSSR count). The van der Waals surface area contributed by atoms with E-state index in [1.165, 1.54) is 0 Å². The van der Waals surface area contributed by atoms with Crippen LogP contribution >= 0.6 is 0 Å². The van der Waals surface area contributed by atoms with E-state index in [2.05, 4.69) is 37.7 Å². The molecule has 0 aromatic heterocycles. The van der Waals surface area contributed by atoms with Crippen LogP contribution in [-0.4, -0.2) is 72.0 Å². The maximum atomic E-state index is 10.3. The highest BCUT2D eigenvalue weighted by molar-refractivity contribution is 4.92. The fourth-order valence-corrected chi connectivity index (χ4v) is 4.00. The van der Waals surface area contributed by atoms with Gasteiger partial charge in [-0.15, -0.1) is 0 Å². The molecule has 4 heteroatoms. The first-order valence-electron chi connectivity index (χ1n) is 8.02. The van der Waals surface area contributed by atoms with Gasteiger partial charge in [0.25, 0.3) is 0 Å². The number of hydrogen-bond acceptors (Lipinski definition) is 4. The van der Waals surface area contributed by atoms with E-state index in [-0.39, 0.29) is 12.2 Å². The average molecular weight is 284 g/mol. The molecule has 20 heavy (non-hydrogen) atoms. The van der Waals surface area contributed by atoms with Crippen LogP contribution in [0.3, 0.4) is 0 Å². The smallest absolute Gasteiger partial charge is 0.0682 e. The van der Waals surface area contributed by atoms with Crippen molar-refractivity contribution >= 4 is 0 Å². The standard InChI is InChI=1S/C16H32N2O2/c1-16(2)6-5-15(20)12(8-16)9-18-11-14(19)7-13(18)10-17(3)4/h12-15,19-20H,5-11H2,1-4H3. The van der Waals surface area contributed by atoms with Crippen LogP contribution in [0.25, 0.3) is 0 Å². The van der Waals surface area contributed by atoms with Gasteiger partial charge >= 0.3 is 0 Å². The summed E-state index contributed by atoms with van der Waals surface area (Å²) < 4.78 is 0. The number of aliphatic hydroxyl groups is 2. The Morgan fingerprint density at radius 3 is 2.60 bits per heavy atom. The van der Waals surface area contributed by atoms with Crippen molar-refractivity contribution in [3.8, 4) is 0 Å². The van der Waals surface area contributed by atoms with Crippen molar-refractivity contribution in [2.75, 3.05) is 33.7 Å². The maximum Gasteiger partial charge on any atom is 0.0682 e. The van der Waals surface area contributed by atoms with E-state index in [4.69, 9.17) is 0 Å². The van der Waals surface area contributed by atoms with Gasteiger partial charge in [0.05, 0.1) is 12.2 Å². The summed E-state index contributed by atoms with van der Waals surface area (Å²) in [6, 6.07) is 0.428. The molecule has 1 aliphatic carbocycles. The summed E-state index contributed by atoms with van der Waals surface area (Å²) in [4.78, 5) is 4.59. The molecule has 0 amide bonds. The number of rotatable bonds is 4. The van der Waals surface area contributed by atoms with Crippen molar-refractivity contribution in [2.24, 2.45) is 11.3 Å². The summed E-state index contributed by atoms with van der Waals surface area (Å²) in [6.45, 7) is 7.30. The molecule has 4 unspecified atom stereocenters. The molecular weight excluding hydrogens is 252 g/mol. The molecule has 118 valence electrons. The fourth-order valence-electron chi connectivity index (χ4n) is 4.00. The minimum Gasteiger partial charge on any atom is -0.393 e. The Bertz CT molecular complexity index is 320. The Balaban J connectivity index is 1.96. The molecule has 4 nitrogen and oxygen atoms in total. The summed E-state index contributed by atoms with van der Waals surface area (Å²) in [5.41, 5.74) is 0.347. The SMILES string of the molecule is CN(C)CC1CC(O)CN1CC1CC(C)(C)CCC1O. The van der Waals surface area contributed by atoms with Crippen LogP contribution < -0.4 is 0 Å². The third-order valence-electron chi connectivity index (χ3n) is 5.03. The van der Waals surface area contributed by atoms with Crippen LogP contribution in [0.4, 0.5) is 0 Å². The number of hydrogen-bond donors (Lipinski definition) is 2. The van der Waals surface area contributed by atoms with E-state index >= 15 is 0 Å². The minimum absolute atomic E-state index is 0.166. The number of nitrogens with zero attached hydrogens (tertiary/aromatic N) is 2. The molecule has 4 atom stereocenters. The van der Waals surface area contributed by atoms with E-state index in [0.717, 1.165) is 45.3 Å². The van der Waals surface area contributed by atoms with Crippen molar-refractivity contribution in [3.05, 3.63) is 0 Å². The Morgan fingerprint density at radius 1 is 1.25 bits per heavy atom. The molecule has 1 aliphatic heterocycles. The van der Waals surface area contributed by atoms with E-state index in [9.17, 15) is 10.2 Å². The van der Waals surface area contributed by atoms with Crippen LogP contribution in [0.5, 0.6) is 0 Å². The lowest BCUT2D eigenvalue weighted by Crippen LogP contribution is -2.45. The van der Waals surface area contributed by atoms with Crippen LogP contribution in [0, 0.1) is 11.3 Å². The first-order chi connectivity index (χ1) is 9.27. The predicted octanol–water partition coefficient (Wildman–Crippen LogP) is 1.17. The van der Waals surface area contributed by atoms with Gasteiger partial charge in [-0.3, -0.25) is 4.90 Å². The van der Waals surface area contributed by atoms with Gasteiger partial charge in [0.1, 0.15) is 0 Å². The number of likely N-dealkylation sites (N-methyl/N-ethyl adjacent to an activating group) is 1. The second kappa shape index (κ2) is 6.30. The van der Waals surface area contributed by atoms with Crippen molar-refractivity contribution in [1.29, 1.82) is 0 Å². The summed E-state index contributed by atoms with van der Waals surface area (Å²) in [5.74, 6) is 0.355. The molecule has 0 aromatic carbocycles. The summed E-state index contributed by atoms with van der Waals surface area (Å²) in [7, 11) is 4.17. The largest absolute Gasteiger partial charge is 0.393 e. The molecule has 0 radical (unpaired) electrons. The molecule has 2 aliphatic rings. The van der Waals surface area contributed by atoms with Gasteiger partial charge in [0, 0.05) is 25.7 Å². The van der Waals surface area contributed by atoms with Gasteiger partial charge in [-0.2, -0.15) is 0 Å². The Morgan fingerprint density at radius 2 is 1.95 bits per heavy atom. The van der Waals surface area contributed by atoms with Crippen LogP contribution in [-0.2, 0) is 0 Å². The first-order valence-corrected chi connectivity index (χ1v) is 8.02. The van der Waals surface area contributed by atoms with E-state index in [0.29, 0.717) is 17.4 Å². The molecule has 1 saturated carbocycles. The van der Waals surface area contributed by atoms with Gasteiger partial charge in [-0.05, 0) is 51.1 Å². The monoisotopic (exact) mass is 284 g/mol. The first kappa shape index (κ1) is 16.2. The van der Waals surface area contributed by atoms with E-state index in [1.807, 2.05) is 0 Å². The molecule has 1 heterocycles. The molecule has 1 saturated heterocycles. The van der Waals surface area contributed by atoms with Crippen molar-refractivity contribution < 1.29 is 10.2 Å². The molecule has 0 aromatic rings. The molecule has 0 spiro atoms. The number of likely N-dealkylation sites (tertiary alicyclic amines) is 1. The van der Waals surface area contributed by atoms with Crippen molar-refractivity contribution in [1.82, 2.24) is 9.80 Å². The third kappa shape index (κ3) is 4.17. The quantitative estimate of drug-likeness (QED) is 0.813. The Hall–Kier alpha value is -0.160. The summed E-state index contributed by atoms with van der Waals surface area (Å²) in [6.07, 6.45) is 3.63. The second-order valence-corrected chi connectivity index (χ2v) is 7.99. The zero-order valence-electron chi connectivity index (χ0n) is 13.5. The van der Waals surface area contributed by atoms with Crippen LogP contribution in [0.1, 0.15) is 39.5 Å². The van der Waals surface area contributed by atoms with E-state index in [1.54, 1.807) is 0 Å². The highest BCUT2D eigenvalue weighted by atomic mass is 16.3. The lowest BCUT2D eigenvalue weighted by atomic mass is 9.70. The van der Waals surface area contributed by atoms with Gasteiger partial charge in [-0.1, -0.05) is 13.8 Å². The zero-order chi connectivity index (χ0) is 14.9. The zero-order valence-corrected chi connectivity index (χ0v) is 13.5. The van der Waals surface area contributed by atoms with Crippen molar-refractivity contribution in [3.63, 3.8) is 0 Å². The lowest BCUT2D eigenvalue weighted by molar-refractivity contribution is -0.0000322. The molecule has 0 bridgehead atoms. The maximum absolute atomic E-state index is 10.3. The fraction of sp³-hybridized carbons (Fsp3) is 1.00. The summed E-state index contributed by atoms with van der Waals surface area (Å²) >= 11 is 0. The predicted molar refractivity (Wildman–Crippen MR) is 81.7 cm³/mol. The Kier molecular flexibility index (Phi) is 5.11. The normalized spacial score (nSPS) is 38.5. The van der Waals surface area contributed by atoms with Crippen LogP contribution in [0.2, 0.25) is 0 Å². The lowest BCUT2D eigenvalue weighted by Gasteiger charge is -2.41. The second-order valence-electron chi connectivity index (χ2n) is 7.99. The van der Waals surface area contributed by atoms with Gasteiger partial charge in [0.15, 0.2) is 0 Å². The topological polar surface area (TPSA) is 46.9 Å². The molecule has 2 N–H and O–H groups in total. The van der Waals surface area contributed by atoms with Gasteiger partial charge in [0.2, 0.25) is 0 Å². The highest BCUT2D eigenvalue weighted by Gasteiger charge is 2.38.